The van der Waals surface area contributed by atoms with Gasteiger partial charge < -0.3 is 10.1 Å². The molecule has 1 heterocycles. The minimum atomic E-state index is 0.116. The van der Waals surface area contributed by atoms with Crippen LogP contribution in [0.3, 0.4) is 0 Å². The van der Waals surface area contributed by atoms with E-state index in [-0.39, 0.29) is 5.54 Å². The maximum Gasteiger partial charge on any atom is 0.0645 e. The van der Waals surface area contributed by atoms with Gasteiger partial charge in [0.15, 0.2) is 0 Å². The molecule has 1 aromatic carbocycles. The summed E-state index contributed by atoms with van der Waals surface area (Å²) in [5.74, 6) is 0. The first-order valence-electron chi connectivity index (χ1n) is 8.07. The van der Waals surface area contributed by atoms with Crippen molar-refractivity contribution in [2.75, 3.05) is 32.8 Å². The van der Waals surface area contributed by atoms with Crippen molar-refractivity contribution in [3.05, 3.63) is 34.9 Å². The Morgan fingerprint density at radius 2 is 2.10 bits per heavy atom. The number of rotatable bonds is 5. The summed E-state index contributed by atoms with van der Waals surface area (Å²) in [4.78, 5) is 2.56. The predicted molar refractivity (Wildman–Crippen MR) is 88.8 cm³/mol. The second-order valence-corrected chi connectivity index (χ2v) is 6.78. The van der Waals surface area contributed by atoms with Gasteiger partial charge in [-0.25, -0.2) is 0 Å². The molecule has 1 saturated heterocycles. The Balaban J connectivity index is 2.18. The lowest BCUT2D eigenvalue weighted by atomic mass is 9.96. The van der Waals surface area contributed by atoms with Crippen LogP contribution >= 0.6 is 0 Å². The van der Waals surface area contributed by atoms with E-state index >= 15 is 0 Å². The molecule has 21 heavy (non-hydrogen) atoms. The molecule has 1 atom stereocenters. The number of hydrogen-bond acceptors (Lipinski definition) is 3. The number of benzene rings is 1. The second kappa shape index (κ2) is 6.91. The fourth-order valence-corrected chi connectivity index (χ4v) is 3.19. The first-order chi connectivity index (χ1) is 9.94. The standard InChI is InChI=1S/C18H30N2O/c1-6-19-17(16-8-7-14(2)11-15(16)3)12-20-9-10-21-13-18(20,4)5/h7-8,11,17,19H,6,9-10,12-13H2,1-5H3. The number of ether oxygens (including phenoxy) is 1. The third-order valence-electron chi connectivity index (χ3n) is 4.47. The maximum absolute atomic E-state index is 5.64. The van der Waals surface area contributed by atoms with Gasteiger partial charge in [0.1, 0.15) is 0 Å². The minimum absolute atomic E-state index is 0.116. The molecule has 3 heteroatoms. The van der Waals surface area contributed by atoms with Crippen LogP contribution in [0.1, 0.15) is 43.5 Å². The summed E-state index contributed by atoms with van der Waals surface area (Å²) >= 11 is 0. The third-order valence-corrected chi connectivity index (χ3v) is 4.47. The summed E-state index contributed by atoms with van der Waals surface area (Å²) in [7, 11) is 0. The molecule has 1 aromatic rings. The van der Waals surface area contributed by atoms with Gasteiger partial charge in [-0.15, -0.1) is 0 Å². The van der Waals surface area contributed by atoms with Crippen LogP contribution in [0.25, 0.3) is 0 Å². The number of morpholine rings is 1. The number of likely N-dealkylation sites (N-methyl/N-ethyl adjacent to an activating group) is 1. The molecular weight excluding hydrogens is 260 g/mol. The summed E-state index contributed by atoms with van der Waals surface area (Å²) in [6.45, 7) is 15.8. The predicted octanol–water partition coefficient (Wildman–Crippen LogP) is 3.06. The van der Waals surface area contributed by atoms with Crippen molar-refractivity contribution in [2.45, 2.75) is 46.2 Å². The van der Waals surface area contributed by atoms with Crippen LogP contribution in [0.4, 0.5) is 0 Å². The van der Waals surface area contributed by atoms with Crippen molar-refractivity contribution in [3.63, 3.8) is 0 Å². The normalized spacial score (nSPS) is 20.4. The molecule has 0 amide bonds. The van der Waals surface area contributed by atoms with Gasteiger partial charge in [0, 0.05) is 24.7 Å². The highest BCUT2D eigenvalue weighted by atomic mass is 16.5. The minimum Gasteiger partial charge on any atom is -0.378 e. The quantitative estimate of drug-likeness (QED) is 0.902. The average Bonchev–Trinajstić information content (AvgIpc) is 2.40. The van der Waals surface area contributed by atoms with E-state index < -0.39 is 0 Å². The topological polar surface area (TPSA) is 24.5 Å². The molecular formula is C18H30N2O. The van der Waals surface area contributed by atoms with Crippen LogP contribution in [-0.4, -0.2) is 43.3 Å². The second-order valence-electron chi connectivity index (χ2n) is 6.78. The summed E-state index contributed by atoms with van der Waals surface area (Å²) in [5, 5.41) is 3.66. The molecule has 0 aromatic heterocycles. The van der Waals surface area contributed by atoms with E-state index in [4.69, 9.17) is 4.74 Å². The fourth-order valence-electron chi connectivity index (χ4n) is 3.19. The van der Waals surface area contributed by atoms with Crippen LogP contribution in [0.5, 0.6) is 0 Å². The van der Waals surface area contributed by atoms with Crippen LogP contribution in [0, 0.1) is 13.8 Å². The average molecular weight is 290 g/mol. The Morgan fingerprint density at radius 3 is 2.71 bits per heavy atom. The Hall–Kier alpha value is -0.900. The van der Waals surface area contributed by atoms with Crippen molar-refractivity contribution in [3.8, 4) is 0 Å². The largest absolute Gasteiger partial charge is 0.378 e. The highest BCUT2D eigenvalue weighted by Gasteiger charge is 2.32. The Bertz CT molecular complexity index is 470. The molecule has 118 valence electrons. The number of nitrogens with one attached hydrogen (secondary N) is 1. The highest BCUT2D eigenvalue weighted by molar-refractivity contribution is 5.33. The summed E-state index contributed by atoms with van der Waals surface area (Å²) in [5.41, 5.74) is 4.25. The molecule has 0 aliphatic carbocycles. The van der Waals surface area contributed by atoms with E-state index in [1.54, 1.807) is 0 Å². The lowest BCUT2D eigenvalue weighted by molar-refractivity contribution is -0.0545. The molecule has 1 aliphatic rings. The van der Waals surface area contributed by atoms with E-state index in [1.807, 2.05) is 0 Å². The lowest BCUT2D eigenvalue weighted by Gasteiger charge is -2.44. The van der Waals surface area contributed by atoms with Gasteiger partial charge in [0.05, 0.1) is 13.2 Å². The van der Waals surface area contributed by atoms with Gasteiger partial charge in [-0.3, -0.25) is 4.90 Å². The molecule has 1 N–H and O–H groups in total. The third kappa shape index (κ3) is 4.06. The van der Waals surface area contributed by atoms with Crippen molar-refractivity contribution >= 4 is 0 Å². The van der Waals surface area contributed by atoms with Gasteiger partial charge in [-0.1, -0.05) is 30.7 Å². The van der Waals surface area contributed by atoms with Crippen LogP contribution in [0.15, 0.2) is 18.2 Å². The lowest BCUT2D eigenvalue weighted by Crippen LogP contribution is -2.55. The molecule has 0 radical (unpaired) electrons. The number of nitrogens with zero attached hydrogens (tertiary/aromatic N) is 1. The summed E-state index contributed by atoms with van der Waals surface area (Å²) in [6.07, 6.45) is 0. The molecule has 3 nitrogen and oxygen atoms in total. The van der Waals surface area contributed by atoms with E-state index in [1.165, 1.54) is 16.7 Å². The number of aryl methyl sites for hydroxylation is 2. The molecule has 1 fully saturated rings. The van der Waals surface area contributed by atoms with Gasteiger partial charge >= 0.3 is 0 Å². The summed E-state index contributed by atoms with van der Waals surface area (Å²) in [6, 6.07) is 7.17. The van der Waals surface area contributed by atoms with Gasteiger partial charge in [-0.2, -0.15) is 0 Å². The van der Waals surface area contributed by atoms with E-state index in [2.05, 4.69) is 63.0 Å². The van der Waals surface area contributed by atoms with E-state index in [0.717, 1.165) is 32.8 Å². The zero-order valence-electron chi connectivity index (χ0n) is 14.2. The molecule has 0 spiro atoms. The van der Waals surface area contributed by atoms with E-state index in [0.29, 0.717) is 6.04 Å². The summed E-state index contributed by atoms with van der Waals surface area (Å²) < 4.78 is 5.64. The molecule has 0 saturated carbocycles. The number of hydrogen-bond donors (Lipinski definition) is 1. The Morgan fingerprint density at radius 1 is 1.33 bits per heavy atom. The van der Waals surface area contributed by atoms with Gasteiger partial charge in [-0.05, 0) is 45.4 Å². The SMILES string of the molecule is CCNC(CN1CCOCC1(C)C)c1ccc(C)cc1C. The van der Waals surface area contributed by atoms with Gasteiger partial charge in [0.25, 0.3) is 0 Å². The fraction of sp³-hybridized carbons (Fsp3) is 0.667. The maximum atomic E-state index is 5.64. The molecule has 1 unspecified atom stereocenters. The smallest absolute Gasteiger partial charge is 0.0645 e. The first kappa shape index (κ1) is 16.5. The Kier molecular flexibility index (Phi) is 5.42. The first-order valence-corrected chi connectivity index (χ1v) is 8.07. The van der Waals surface area contributed by atoms with Gasteiger partial charge in [0.2, 0.25) is 0 Å². The van der Waals surface area contributed by atoms with Crippen LogP contribution in [0.2, 0.25) is 0 Å². The van der Waals surface area contributed by atoms with Crippen molar-refractivity contribution in [2.24, 2.45) is 0 Å². The molecule has 1 aliphatic heterocycles. The zero-order chi connectivity index (χ0) is 15.5. The Labute approximate surface area is 129 Å². The highest BCUT2D eigenvalue weighted by Crippen LogP contribution is 2.25. The zero-order valence-corrected chi connectivity index (χ0v) is 14.2. The van der Waals surface area contributed by atoms with Crippen molar-refractivity contribution < 1.29 is 4.74 Å². The van der Waals surface area contributed by atoms with Crippen molar-refractivity contribution in [1.82, 2.24) is 10.2 Å². The van der Waals surface area contributed by atoms with Crippen LogP contribution in [-0.2, 0) is 4.74 Å². The molecule has 0 bridgehead atoms. The van der Waals surface area contributed by atoms with Crippen LogP contribution < -0.4 is 5.32 Å². The van der Waals surface area contributed by atoms with E-state index in [9.17, 15) is 0 Å². The molecule has 2 rings (SSSR count). The monoisotopic (exact) mass is 290 g/mol. The van der Waals surface area contributed by atoms with Crippen molar-refractivity contribution in [1.29, 1.82) is 0 Å².